The molecule has 0 spiro atoms. The van der Waals surface area contributed by atoms with E-state index in [1.165, 1.54) is 0 Å². The summed E-state index contributed by atoms with van der Waals surface area (Å²) in [6.07, 6.45) is 2.57. The van der Waals surface area contributed by atoms with Crippen LogP contribution < -0.4 is 4.74 Å². The highest BCUT2D eigenvalue weighted by atomic mass is 35.5. The SMILES string of the molecule is COc1ccccc1CC1(C(=O)O)CCN(Cc2ccc(-c3noc(-c4ccc(CC(C)C)c(Cl)c4)n3)cc2)CC1. The molecule has 2 heterocycles. The van der Waals surface area contributed by atoms with Gasteiger partial charge in [-0.2, -0.15) is 4.98 Å². The lowest BCUT2D eigenvalue weighted by atomic mass is 9.73. The van der Waals surface area contributed by atoms with Crippen molar-refractivity contribution < 1.29 is 19.2 Å². The highest BCUT2D eigenvalue weighted by Gasteiger charge is 2.42. The third-order valence-corrected chi connectivity index (χ3v) is 8.31. The van der Waals surface area contributed by atoms with Crippen LogP contribution >= 0.6 is 11.6 Å². The van der Waals surface area contributed by atoms with Gasteiger partial charge in [0.1, 0.15) is 5.75 Å². The van der Waals surface area contributed by atoms with Gasteiger partial charge in [0.15, 0.2) is 0 Å². The smallest absolute Gasteiger partial charge is 0.310 e. The summed E-state index contributed by atoms with van der Waals surface area (Å²) in [5.41, 5.74) is 4.08. The van der Waals surface area contributed by atoms with Gasteiger partial charge in [-0.1, -0.05) is 79.1 Å². The molecule has 214 valence electrons. The zero-order chi connectivity index (χ0) is 29.0. The molecule has 0 bridgehead atoms. The van der Waals surface area contributed by atoms with Gasteiger partial charge in [-0.3, -0.25) is 9.69 Å². The Balaban J connectivity index is 1.21. The highest BCUT2D eigenvalue weighted by Crippen LogP contribution is 2.38. The van der Waals surface area contributed by atoms with Crippen LogP contribution in [0.5, 0.6) is 5.75 Å². The number of ether oxygens (including phenoxy) is 1. The van der Waals surface area contributed by atoms with Crippen LogP contribution in [0.15, 0.2) is 71.3 Å². The van der Waals surface area contributed by atoms with Crippen LogP contribution in [0.25, 0.3) is 22.8 Å². The molecule has 4 aromatic rings. The number of nitrogens with zero attached hydrogens (tertiary/aromatic N) is 3. The number of carboxylic acid groups (broad SMARTS) is 1. The third-order valence-electron chi connectivity index (χ3n) is 7.96. The summed E-state index contributed by atoms with van der Waals surface area (Å²) in [5, 5.41) is 15.1. The minimum atomic E-state index is -0.787. The van der Waals surface area contributed by atoms with Crippen molar-refractivity contribution in [3.05, 3.63) is 88.4 Å². The number of benzene rings is 3. The van der Waals surface area contributed by atoms with Crippen LogP contribution in [0.3, 0.4) is 0 Å². The molecule has 1 aliphatic heterocycles. The number of para-hydroxylation sites is 1. The number of carboxylic acids is 1. The maximum absolute atomic E-state index is 12.4. The lowest BCUT2D eigenvalue weighted by Gasteiger charge is -2.39. The Morgan fingerprint density at radius 1 is 1.05 bits per heavy atom. The van der Waals surface area contributed by atoms with E-state index in [0.29, 0.717) is 41.9 Å². The summed E-state index contributed by atoms with van der Waals surface area (Å²) in [5.74, 6) is 1.49. The standard InChI is InChI=1S/C33H36ClN3O4/c1-22(2)18-25-12-13-26(19-28(25)34)31-35-30(36-41-31)24-10-8-23(9-11-24)21-37-16-14-33(15-17-37,32(38)39)20-27-6-4-5-7-29(27)40-3/h4-13,19,22H,14-18,20-21H2,1-3H3,(H,38,39). The lowest BCUT2D eigenvalue weighted by molar-refractivity contribution is -0.152. The Hall–Kier alpha value is -3.68. The molecule has 1 aromatic heterocycles. The molecule has 5 rings (SSSR count). The van der Waals surface area contributed by atoms with Crippen molar-refractivity contribution in [3.8, 4) is 28.6 Å². The van der Waals surface area contributed by atoms with E-state index in [9.17, 15) is 9.90 Å². The predicted octanol–water partition coefficient (Wildman–Crippen LogP) is 7.17. The number of aromatic nitrogens is 2. The molecule has 0 saturated carbocycles. The van der Waals surface area contributed by atoms with Crippen LogP contribution in [-0.4, -0.2) is 46.3 Å². The minimum absolute atomic E-state index is 0.436. The fourth-order valence-electron chi connectivity index (χ4n) is 5.58. The molecular formula is C33H36ClN3O4. The monoisotopic (exact) mass is 573 g/mol. The summed E-state index contributed by atoms with van der Waals surface area (Å²) in [6.45, 7) is 6.53. The number of piperidine rings is 1. The van der Waals surface area contributed by atoms with Crippen molar-refractivity contribution in [1.29, 1.82) is 0 Å². The average Bonchev–Trinajstić information content (AvgIpc) is 3.46. The van der Waals surface area contributed by atoms with Crippen LogP contribution in [0.1, 0.15) is 43.4 Å². The predicted molar refractivity (Wildman–Crippen MR) is 160 cm³/mol. The first-order valence-corrected chi connectivity index (χ1v) is 14.4. The number of methoxy groups -OCH3 is 1. The molecule has 3 aromatic carbocycles. The molecule has 1 aliphatic rings. The summed E-state index contributed by atoms with van der Waals surface area (Å²) >= 11 is 6.50. The Morgan fingerprint density at radius 2 is 1.76 bits per heavy atom. The molecule has 1 fully saturated rings. The molecule has 0 radical (unpaired) electrons. The number of hydrogen-bond donors (Lipinski definition) is 1. The first-order chi connectivity index (χ1) is 19.8. The van der Waals surface area contributed by atoms with E-state index in [1.807, 2.05) is 54.6 Å². The summed E-state index contributed by atoms with van der Waals surface area (Å²) < 4.78 is 11.0. The lowest BCUT2D eigenvalue weighted by Crippen LogP contribution is -2.45. The van der Waals surface area contributed by atoms with Gasteiger partial charge in [-0.25, -0.2) is 0 Å². The molecule has 7 nitrogen and oxygen atoms in total. The van der Waals surface area contributed by atoms with Gasteiger partial charge in [0.2, 0.25) is 5.82 Å². The summed E-state index contributed by atoms with van der Waals surface area (Å²) in [6, 6.07) is 21.7. The van der Waals surface area contributed by atoms with Crippen LogP contribution in [0.2, 0.25) is 5.02 Å². The summed E-state index contributed by atoms with van der Waals surface area (Å²) in [4.78, 5) is 19.3. The van der Waals surface area contributed by atoms with Crippen molar-refractivity contribution >= 4 is 17.6 Å². The van der Waals surface area contributed by atoms with Crippen molar-refractivity contribution in [2.45, 2.75) is 46.1 Å². The van der Waals surface area contributed by atoms with Gasteiger partial charge in [-0.05, 0) is 79.6 Å². The van der Waals surface area contributed by atoms with E-state index >= 15 is 0 Å². The third kappa shape index (κ3) is 6.63. The molecule has 41 heavy (non-hydrogen) atoms. The molecule has 8 heteroatoms. The first kappa shape index (κ1) is 28.8. The van der Waals surface area contributed by atoms with Gasteiger partial charge in [-0.15, -0.1) is 0 Å². The second kappa shape index (κ2) is 12.5. The fourth-order valence-corrected chi connectivity index (χ4v) is 5.84. The van der Waals surface area contributed by atoms with Gasteiger partial charge in [0, 0.05) is 22.7 Å². The van der Waals surface area contributed by atoms with Gasteiger partial charge < -0.3 is 14.4 Å². The van der Waals surface area contributed by atoms with Crippen LogP contribution in [0.4, 0.5) is 0 Å². The molecule has 0 aliphatic carbocycles. The number of carbonyl (C=O) groups is 1. The van der Waals surface area contributed by atoms with E-state index in [1.54, 1.807) is 7.11 Å². The topological polar surface area (TPSA) is 88.7 Å². The number of aliphatic carboxylic acids is 1. The van der Waals surface area contributed by atoms with Crippen molar-refractivity contribution in [1.82, 2.24) is 15.0 Å². The first-order valence-electron chi connectivity index (χ1n) is 14.1. The minimum Gasteiger partial charge on any atom is -0.496 e. The zero-order valence-electron chi connectivity index (χ0n) is 23.8. The molecule has 1 N–H and O–H groups in total. The van der Waals surface area contributed by atoms with Gasteiger partial charge >= 0.3 is 5.97 Å². The molecular weight excluding hydrogens is 538 g/mol. The number of likely N-dealkylation sites (tertiary alicyclic amines) is 1. The maximum Gasteiger partial charge on any atom is 0.310 e. The number of hydrogen-bond acceptors (Lipinski definition) is 6. The average molecular weight is 574 g/mol. The Kier molecular flexibility index (Phi) is 8.76. The Labute approximate surface area is 246 Å². The van der Waals surface area contributed by atoms with E-state index in [-0.39, 0.29) is 0 Å². The van der Waals surface area contributed by atoms with Crippen molar-refractivity contribution in [3.63, 3.8) is 0 Å². The zero-order valence-corrected chi connectivity index (χ0v) is 24.5. The van der Waals surface area contributed by atoms with Gasteiger partial charge in [0.05, 0.1) is 12.5 Å². The van der Waals surface area contributed by atoms with E-state index < -0.39 is 11.4 Å². The quantitative estimate of drug-likeness (QED) is 0.215. The Morgan fingerprint density at radius 3 is 2.41 bits per heavy atom. The number of rotatable bonds is 10. The van der Waals surface area contributed by atoms with Gasteiger partial charge in [0.25, 0.3) is 5.89 Å². The van der Waals surface area contributed by atoms with E-state index in [4.69, 9.17) is 20.9 Å². The summed E-state index contributed by atoms with van der Waals surface area (Å²) in [7, 11) is 1.63. The van der Waals surface area contributed by atoms with Crippen molar-refractivity contribution in [2.24, 2.45) is 11.3 Å². The van der Waals surface area contributed by atoms with Crippen LogP contribution in [-0.2, 0) is 24.2 Å². The second-order valence-electron chi connectivity index (χ2n) is 11.4. The second-order valence-corrected chi connectivity index (χ2v) is 11.8. The molecule has 1 saturated heterocycles. The maximum atomic E-state index is 12.4. The normalized spacial score (nSPS) is 15.2. The fraction of sp³-hybridized carbons (Fsp3) is 0.364. The molecule has 0 amide bonds. The Bertz CT molecular complexity index is 1490. The molecule has 0 atom stereocenters. The number of halogens is 1. The highest BCUT2D eigenvalue weighted by molar-refractivity contribution is 6.31. The van der Waals surface area contributed by atoms with Crippen molar-refractivity contribution in [2.75, 3.05) is 20.2 Å². The largest absolute Gasteiger partial charge is 0.496 e. The van der Waals surface area contributed by atoms with E-state index in [2.05, 4.69) is 41.0 Å². The molecule has 0 unspecified atom stereocenters. The van der Waals surface area contributed by atoms with E-state index in [0.717, 1.165) is 59.6 Å². The van der Waals surface area contributed by atoms with Crippen LogP contribution in [0, 0.1) is 11.3 Å².